The lowest BCUT2D eigenvalue weighted by Gasteiger charge is -2.09. The minimum Gasteiger partial charge on any atom is -0.402 e. The van der Waals surface area contributed by atoms with Crippen molar-refractivity contribution in [1.82, 2.24) is 9.97 Å². The van der Waals surface area contributed by atoms with Crippen LogP contribution in [0.15, 0.2) is 6.07 Å². The van der Waals surface area contributed by atoms with Gasteiger partial charge in [0.25, 0.3) is 0 Å². The third-order valence-corrected chi connectivity index (χ3v) is 1.18. The maximum Gasteiger partial charge on any atom is 0.488 e. The van der Waals surface area contributed by atoms with E-state index in [0.717, 1.165) is 6.07 Å². The minimum absolute atomic E-state index is 0.108. The minimum atomic E-state index is -3.84. The van der Waals surface area contributed by atoms with Gasteiger partial charge in [-0.1, -0.05) is 11.6 Å². The van der Waals surface area contributed by atoms with E-state index in [1.54, 1.807) is 0 Å². The van der Waals surface area contributed by atoms with Crippen molar-refractivity contribution >= 4 is 29.2 Å². The molecule has 0 aliphatic carbocycles. The molecule has 4 nitrogen and oxygen atoms in total. The van der Waals surface area contributed by atoms with Crippen LogP contribution in [0.4, 0.5) is 14.7 Å². The zero-order valence-electron chi connectivity index (χ0n) is 5.97. The second-order valence-electron chi connectivity index (χ2n) is 1.93. The lowest BCUT2D eigenvalue weighted by Crippen LogP contribution is -2.17. The van der Waals surface area contributed by atoms with Crippen LogP contribution in [0.2, 0.25) is 5.15 Å². The van der Waals surface area contributed by atoms with Crippen LogP contribution in [0.25, 0.3) is 0 Å². The Kier molecular flexibility index (Phi) is 2.72. The molecule has 1 aromatic heterocycles. The van der Waals surface area contributed by atoms with Gasteiger partial charge in [0, 0.05) is 17.7 Å². The smallest absolute Gasteiger partial charge is 0.402 e. The number of aromatic nitrogens is 2. The molecule has 1 rings (SSSR count). The molecule has 1 aromatic rings. The fourth-order valence-corrected chi connectivity index (χ4v) is 0.844. The molecule has 0 spiro atoms. The maximum atomic E-state index is 12.1. The zero-order valence-corrected chi connectivity index (χ0v) is 7.48. The largest absolute Gasteiger partial charge is 0.488 e. The highest BCUT2D eigenvalue weighted by Gasteiger charge is 2.28. The van der Waals surface area contributed by atoms with E-state index in [0.29, 0.717) is 0 Å². The molecule has 0 aliphatic rings. The number of alkyl halides is 3. The molecule has 0 bridgehead atoms. The van der Waals surface area contributed by atoms with Crippen LogP contribution in [0.3, 0.4) is 0 Å². The van der Waals surface area contributed by atoms with Crippen LogP contribution < -0.4 is 10.5 Å². The Hall–Kier alpha value is -0.880. The summed E-state index contributed by atoms with van der Waals surface area (Å²) in [6, 6.07) is 0.966. The first-order valence-electron chi connectivity index (χ1n) is 2.92. The van der Waals surface area contributed by atoms with Crippen molar-refractivity contribution in [3.05, 3.63) is 11.2 Å². The zero-order chi connectivity index (χ0) is 10.1. The molecule has 0 aromatic carbocycles. The van der Waals surface area contributed by atoms with Crippen LogP contribution in [0, 0.1) is 0 Å². The number of nitrogens with zero attached hydrogens (tertiary/aromatic N) is 2. The fourth-order valence-electron chi connectivity index (χ4n) is 0.585. The number of halogens is 4. The third kappa shape index (κ3) is 3.56. The van der Waals surface area contributed by atoms with Gasteiger partial charge in [0.05, 0.1) is 0 Å². The Morgan fingerprint density at radius 3 is 2.54 bits per heavy atom. The van der Waals surface area contributed by atoms with Crippen molar-refractivity contribution in [2.75, 3.05) is 5.73 Å². The summed E-state index contributed by atoms with van der Waals surface area (Å²) < 4.78 is 28.0. The summed E-state index contributed by atoms with van der Waals surface area (Å²) in [6.45, 7) is 0. The molecule has 72 valence electrons. The summed E-state index contributed by atoms with van der Waals surface area (Å²) in [6.07, 6.45) is 0. The summed E-state index contributed by atoms with van der Waals surface area (Å²) in [4.78, 5) is 6.74. The quantitative estimate of drug-likeness (QED) is 0.622. The molecule has 8 heteroatoms. The number of hydrogen-bond donors (Lipinski definition) is 1. The van der Waals surface area contributed by atoms with Crippen LogP contribution in [0.5, 0.6) is 5.88 Å². The van der Waals surface area contributed by atoms with Crippen LogP contribution in [-0.2, 0) is 0 Å². The van der Waals surface area contributed by atoms with E-state index in [-0.39, 0.29) is 11.1 Å². The molecule has 0 aliphatic heterocycles. The fraction of sp³-hybridized carbons (Fsp3) is 0.200. The van der Waals surface area contributed by atoms with Crippen LogP contribution in [-0.4, -0.2) is 15.5 Å². The van der Waals surface area contributed by atoms with Crippen LogP contribution in [0.1, 0.15) is 0 Å². The Bertz CT molecular complexity index is 297. The molecule has 0 saturated heterocycles. The molecule has 2 N–H and O–H groups in total. The van der Waals surface area contributed by atoms with Crippen molar-refractivity contribution < 1.29 is 13.5 Å². The van der Waals surface area contributed by atoms with Gasteiger partial charge in [-0.05, 0) is 0 Å². The first-order valence-corrected chi connectivity index (χ1v) is 3.68. The Balaban J connectivity index is 2.90. The predicted octanol–water partition coefficient (Wildman–Crippen LogP) is 1.88. The van der Waals surface area contributed by atoms with Crippen molar-refractivity contribution in [2.45, 2.75) is 5.57 Å². The van der Waals surface area contributed by atoms with Gasteiger partial charge in [-0.3, -0.25) is 0 Å². The lowest BCUT2D eigenvalue weighted by molar-refractivity contribution is -0.0990. The van der Waals surface area contributed by atoms with Gasteiger partial charge < -0.3 is 10.5 Å². The molecule has 0 fully saturated rings. The monoisotopic (exact) mass is 229 g/mol. The average molecular weight is 230 g/mol. The first kappa shape index (κ1) is 10.2. The molecular formula is C5H3Cl2F2N3O. The van der Waals surface area contributed by atoms with Gasteiger partial charge in [-0.25, -0.2) is 4.98 Å². The standard InChI is InChI=1S/C5H3Cl2F2N3O/c6-2-1-3(12-4(10)11-2)13-5(7,8)9/h1H,(H2,10,11,12). The summed E-state index contributed by atoms with van der Waals surface area (Å²) in [5.74, 6) is -0.763. The van der Waals surface area contributed by atoms with Gasteiger partial charge >= 0.3 is 5.57 Å². The number of hydrogen-bond acceptors (Lipinski definition) is 4. The van der Waals surface area contributed by atoms with E-state index in [1.807, 2.05) is 0 Å². The normalized spacial score (nSPS) is 11.4. The second-order valence-corrected chi connectivity index (χ2v) is 2.76. The Morgan fingerprint density at radius 1 is 1.46 bits per heavy atom. The highest BCUT2D eigenvalue weighted by molar-refractivity contribution is 6.29. The van der Waals surface area contributed by atoms with Gasteiger partial charge in [-0.2, -0.15) is 4.98 Å². The predicted molar refractivity (Wildman–Crippen MR) is 42.9 cm³/mol. The number of nitrogen functional groups attached to an aromatic ring is 1. The lowest BCUT2D eigenvalue weighted by atomic mass is 10.6. The number of nitrogens with two attached hydrogens (primary N) is 1. The van der Waals surface area contributed by atoms with E-state index >= 15 is 0 Å². The highest BCUT2D eigenvalue weighted by Crippen LogP contribution is 2.25. The van der Waals surface area contributed by atoms with Crippen molar-refractivity contribution in [1.29, 1.82) is 0 Å². The molecule has 0 saturated carbocycles. The molecule has 1 heterocycles. The first-order chi connectivity index (χ1) is 5.87. The SMILES string of the molecule is Nc1nc(Cl)cc(OC(F)(F)Cl)n1. The number of rotatable bonds is 2. The van der Waals surface area contributed by atoms with E-state index in [9.17, 15) is 8.78 Å². The van der Waals surface area contributed by atoms with Gasteiger partial charge in [-0.15, -0.1) is 8.78 Å². The van der Waals surface area contributed by atoms with Gasteiger partial charge in [0.1, 0.15) is 5.15 Å². The third-order valence-electron chi connectivity index (χ3n) is 0.909. The van der Waals surface area contributed by atoms with Crippen LogP contribution >= 0.6 is 23.2 Å². The Labute approximate surface area is 81.6 Å². The van der Waals surface area contributed by atoms with Crippen molar-refractivity contribution in [3.8, 4) is 5.88 Å². The molecule has 0 atom stereocenters. The molecule has 0 radical (unpaired) electrons. The van der Waals surface area contributed by atoms with E-state index in [4.69, 9.17) is 17.3 Å². The van der Waals surface area contributed by atoms with E-state index in [2.05, 4.69) is 26.3 Å². The molecular weight excluding hydrogens is 227 g/mol. The average Bonchev–Trinajstić information content (AvgIpc) is 1.78. The second kappa shape index (κ2) is 3.47. The van der Waals surface area contributed by atoms with Crippen molar-refractivity contribution in [2.24, 2.45) is 0 Å². The van der Waals surface area contributed by atoms with Crippen molar-refractivity contribution in [3.63, 3.8) is 0 Å². The summed E-state index contributed by atoms with van der Waals surface area (Å²) in [5, 5.41) is -0.108. The summed E-state index contributed by atoms with van der Waals surface area (Å²) >= 11 is 9.85. The Morgan fingerprint density at radius 2 is 2.08 bits per heavy atom. The van der Waals surface area contributed by atoms with Gasteiger partial charge in [0.15, 0.2) is 0 Å². The maximum absolute atomic E-state index is 12.1. The van der Waals surface area contributed by atoms with E-state index < -0.39 is 11.4 Å². The molecule has 13 heavy (non-hydrogen) atoms. The summed E-state index contributed by atoms with van der Waals surface area (Å²) in [5.41, 5.74) is 1.26. The molecule has 0 amide bonds. The number of anilines is 1. The van der Waals surface area contributed by atoms with Gasteiger partial charge in [0.2, 0.25) is 11.8 Å². The number of ether oxygens (including phenoxy) is 1. The highest BCUT2D eigenvalue weighted by atomic mass is 35.5. The molecule has 0 unspecified atom stereocenters. The summed E-state index contributed by atoms with van der Waals surface area (Å²) in [7, 11) is 0. The van der Waals surface area contributed by atoms with E-state index in [1.165, 1.54) is 0 Å². The topological polar surface area (TPSA) is 61.0 Å².